The molecule has 0 amide bonds. The molecule has 1 aliphatic rings. The van der Waals surface area contributed by atoms with Gasteiger partial charge in [-0.05, 0) is 12.5 Å². The Balaban J connectivity index is 2.45. The second-order valence-electron chi connectivity index (χ2n) is 1.97. The molecule has 0 spiro atoms. The maximum absolute atomic E-state index is 8.97. The van der Waals surface area contributed by atoms with Crippen LogP contribution >= 0.6 is 11.8 Å². The van der Waals surface area contributed by atoms with E-state index in [1.807, 2.05) is 18.7 Å². The Kier molecular flexibility index (Phi) is 1.97. The van der Waals surface area contributed by atoms with Crippen LogP contribution in [0.25, 0.3) is 0 Å². The van der Waals surface area contributed by atoms with Gasteiger partial charge in [-0.3, -0.25) is 0 Å². The van der Waals surface area contributed by atoms with E-state index in [1.54, 1.807) is 0 Å². The lowest BCUT2D eigenvalue weighted by atomic mass is 10.2. The highest BCUT2D eigenvalue weighted by Gasteiger charge is 2.08. The first-order chi connectivity index (χ1) is 3.80. The molecule has 46 valence electrons. The molecule has 8 heavy (non-hydrogen) atoms. The molecule has 0 bridgehead atoms. The van der Waals surface area contributed by atoms with E-state index in [0.29, 0.717) is 0 Å². The first-order valence-corrected chi connectivity index (χ1v) is 3.91. The van der Waals surface area contributed by atoms with Crippen LogP contribution in [-0.4, -0.2) is 22.7 Å². The summed E-state index contributed by atoms with van der Waals surface area (Å²) >= 11 is 1.86. The standard InChI is InChI=1S/C6H10OS/c1-5(7)6-2-3-8-4-6/h2,5,7H,3-4H2,1H3/t5-/m1/s1. The Morgan fingerprint density at radius 2 is 2.62 bits per heavy atom. The highest BCUT2D eigenvalue weighted by molar-refractivity contribution is 7.99. The van der Waals surface area contributed by atoms with E-state index in [1.165, 1.54) is 5.57 Å². The van der Waals surface area contributed by atoms with Crippen molar-refractivity contribution >= 4 is 11.8 Å². The Bertz CT molecular complexity index is 107. The van der Waals surface area contributed by atoms with Crippen molar-refractivity contribution in [1.82, 2.24) is 0 Å². The van der Waals surface area contributed by atoms with Gasteiger partial charge in [-0.1, -0.05) is 6.08 Å². The first kappa shape index (κ1) is 6.17. The van der Waals surface area contributed by atoms with Gasteiger partial charge in [0.25, 0.3) is 0 Å². The highest BCUT2D eigenvalue weighted by Crippen LogP contribution is 2.18. The van der Waals surface area contributed by atoms with Crippen LogP contribution in [0.3, 0.4) is 0 Å². The van der Waals surface area contributed by atoms with Crippen LogP contribution in [0.5, 0.6) is 0 Å². The minimum absolute atomic E-state index is 0.218. The predicted octanol–water partition coefficient (Wildman–Crippen LogP) is 1.04. The molecule has 0 fully saturated rings. The van der Waals surface area contributed by atoms with Crippen LogP contribution in [0.2, 0.25) is 0 Å². The maximum atomic E-state index is 8.97. The third-order valence-electron chi connectivity index (χ3n) is 1.27. The van der Waals surface area contributed by atoms with Gasteiger partial charge < -0.3 is 5.11 Å². The summed E-state index contributed by atoms with van der Waals surface area (Å²) in [5.41, 5.74) is 1.19. The van der Waals surface area contributed by atoms with Crippen LogP contribution < -0.4 is 0 Å². The Labute approximate surface area is 53.8 Å². The SMILES string of the molecule is C[C@@H](O)C1=CCSC1. The second kappa shape index (κ2) is 2.55. The van der Waals surface area contributed by atoms with E-state index in [9.17, 15) is 0 Å². The van der Waals surface area contributed by atoms with Gasteiger partial charge in [0.15, 0.2) is 0 Å². The molecule has 2 heteroatoms. The minimum atomic E-state index is -0.218. The lowest BCUT2D eigenvalue weighted by Gasteiger charge is -2.01. The topological polar surface area (TPSA) is 20.2 Å². The van der Waals surface area contributed by atoms with Crippen LogP contribution in [-0.2, 0) is 0 Å². The number of aliphatic hydroxyl groups is 1. The van der Waals surface area contributed by atoms with E-state index < -0.39 is 0 Å². The zero-order chi connectivity index (χ0) is 5.98. The summed E-state index contributed by atoms with van der Waals surface area (Å²) in [7, 11) is 0. The summed E-state index contributed by atoms with van der Waals surface area (Å²) in [4.78, 5) is 0. The number of aliphatic hydroxyl groups excluding tert-OH is 1. The van der Waals surface area contributed by atoms with E-state index in [-0.39, 0.29) is 6.10 Å². The van der Waals surface area contributed by atoms with Crippen LogP contribution in [0.4, 0.5) is 0 Å². The van der Waals surface area contributed by atoms with Gasteiger partial charge in [0.1, 0.15) is 0 Å². The van der Waals surface area contributed by atoms with E-state index >= 15 is 0 Å². The molecule has 1 aliphatic heterocycles. The Hall–Kier alpha value is 0.0500. The zero-order valence-electron chi connectivity index (χ0n) is 4.92. The fraction of sp³-hybridized carbons (Fsp3) is 0.667. The highest BCUT2D eigenvalue weighted by atomic mass is 32.2. The third-order valence-corrected chi connectivity index (χ3v) is 2.21. The minimum Gasteiger partial charge on any atom is -0.389 e. The third kappa shape index (κ3) is 1.26. The number of rotatable bonds is 1. The summed E-state index contributed by atoms with van der Waals surface area (Å²) in [5.74, 6) is 2.11. The fourth-order valence-corrected chi connectivity index (χ4v) is 1.74. The molecule has 1 heterocycles. The van der Waals surface area contributed by atoms with Crippen molar-refractivity contribution in [3.8, 4) is 0 Å². The van der Waals surface area contributed by atoms with Gasteiger partial charge in [0, 0.05) is 11.5 Å². The normalized spacial score (nSPS) is 23.0. The van der Waals surface area contributed by atoms with Gasteiger partial charge in [-0.2, -0.15) is 11.8 Å². The number of thioether (sulfide) groups is 1. The van der Waals surface area contributed by atoms with Crippen molar-refractivity contribution in [2.75, 3.05) is 11.5 Å². The molecule has 1 nitrogen and oxygen atoms in total. The van der Waals surface area contributed by atoms with Crippen molar-refractivity contribution in [1.29, 1.82) is 0 Å². The largest absolute Gasteiger partial charge is 0.389 e. The molecule has 0 aliphatic carbocycles. The molecule has 1 rings (SSSR count). The van der Waals surface area contributed by atoms with Gasteiger partial charge in [-0.25, -0.2) is 0 Å². The summed E-state index contributed by atoms with van der Waals surface area (Å²) < 4.78 is 0. The first-order valence-electron chi connectivity index (χ1n) is 2.75. The molecular formula is C6H10OS. The quantitative estimate of drug-likeness (QED) is 0.535. The molecule has 0 aromatic carbocycles. The molecule has 1 N–H and O–H groups in total. The zero-order valence-corrected chi connectivity index (χ0v) is 5.74. The Morgan fingerprint density at radius 3 is 2.88 bits per heavy atom. The smallest absolute Gasteiger partial charge is 0.0730 e. The Morgan fingerprint density at radius 1 is 1.88 bits per heavy atom. The van der Waals surface area contributed by atoms with Gasteiger partial charge in [-0.15, -0.1) is 0 Å². The maximum Gasteiger partial charge on any atom is 0.0730 e. The average molecular weight is 130 g/mol. The van der Waals surface area contributed by atoms with Crippen molar-refractivity contribution in [2.45, 2.75) is 13.0 Å². The molecule has 1 atom stereocenters. The average Bonchev–Trinajstić information content (AvgIpc) is 2.12. The molecule has 0 saturated carbocycles. The van der Waals surface area contributed by atoms with Gasteiger partial charge >= 0.3 is 0 Å². The lowest BCUT2D eigenvalue weighted by molar-refractivity contribution is 0.232. The summed E-state index contributed by atoms with van der Waals surface area (Å²) in [6, 6.07) is 0. The second-order valence-corrected chi connectivity index (χ2v) is 3.00. The van der Waals surface area contributed by atoms with Crippen molar-refractivity contribution < 1.29 is 5.11 Å². The van der Waals surface area contributed by atoms with Crippen molar-refractivity contribution in [2.24, 2.45) is 0 Å². The number of hydrogen-bond acceptors (Lipinski definition) is 2. The molecule has 0 saturated heterocycles. The van der Waals surface area contributed by atoms with E-state index in [4.69, 9.17) is 5.11 Å². The molecular weight excluding hydrogens is 120 g/mol. The van der Waals surface area contributed by atoms with Crippen molar-refractivity contribution in [3.05, 3.63) is 11.6 Å². The van der Waals surface area contributed by atoms with Gasteiger partial charge in [0.2, 0.25) is 0 Å². The van der Waals surface area contributed by atoms with Crippen molar-refractivity contribution in [3.63, 3.8) is 0 Å². The monoisotopic (exact) mass is 130 g/mol. The molecule has 0 aromatic heterocycles. The fourth-order valence-electron chi connectivity index (χ4n) is 0.693. The number of hydrogen-bond donors (Lipinski definition) is 1. The summed E-state index contributed by atoms with van der Waals surface area (Å²) in [5, 5.41) is 8.97. The van der Waals surface area contributed by atoms with E-state index in [2.05, 4.69) is 6.08 Å². The lowest BCUT2D eigenvalue weighted by Crippen LogP contribution is -2.03. The van der Waals surface area contributed by atoms with Crippen LogP contribution in [0.15, 0.2) is 11.6 Å². The van der Waals surface area contributed by atoms with E-state index in [0.717, 1.165) is 11.5 Å². The predicted molar refractivity (Wildman–Crippen MR) is 37.1 cm³/mol. The van der Waals surface area contributed by atoms with Crippen LogP contribution in [0.1, 0.15) is 6.92 Å². The summed E-state index contributed by atoms with van der Waals surface area (Å²) in [6.45, 7) is 1.82. The molecule has 0 aromatic rings. The summed E-state index contributed by atoms with van der Waals surface area (Å²) in [6.07, 6.45) is 1.89. The molecule has 0 radical (unpaired) electrons. The molecule has 0 unspecified atom stereocenters. The van der Waals surface area contributed by atoms with Gasteiger partial charge in [0.05, 0.1) is 6.10 Å². The van der Waals surface area contributed by atoms with Crippen LogP contribution in [0, 0.1) is 0 Å².